The Kier molecular flexibility index (Phi) is 5.37. The fraction of sp³-hybridized carbons (Fsp3) is 0.632. The molecular weight excluding hydrogens is 318 g/mol. The van der Waals surface area contributed by atoms with E-state index in [1.54, 1.807) is 20.2 Å². The van der Waals surface area contributed by atoms with Crippen LogP contribution in [0.25, 0.3) is 0 Å². The predicted octanol–water partition coefficient (Wildman–Crippen LogP) is 1.85. The Morgan fingerprint density at radius 1 is 1.32 bits per heavy atom. The Morgan fingerprint density at radius 2 is 2.08 bits per heavy atom. The van der Waals surface area contributed by atoms with Crippen LogP contribution in [0.3, 0.4) is 0 Å². The summed E-state index contributed by atoms with van der Waals surface area (Å²) in [6.07, 6.45) is 4.78. The third-order valence-corrected chi connectivity index (χ3v) is 5.66. The molecule has 2 saturated heterocycles. The lowest BCUT2D eigenvalue weighted by Gasteiger charge is -2.47. The number of piperidine rings is 2. The summed E-state index contributed by atoms with van der Waals surface area (Å²) in [5.41, 5.74) is 1.06. The quantitative estimate of drug-likeness (QED) is 0.835. The number of nitrogens with zero attached hydrogens (tertiary/aromatic N) is 3. The number of pyridine rings is 1. The highest BCUT2D eigenvalue weighted by molar-refractivity contribution is 5.80. The van der Waals surface area contributed by atoms with Crippen LogP contribution in [-0.4, -0.2) is 59.4 Å². The van der Waals surface area contributed by atoms with Crippen LogP contribution in [0, 0.1) is 5.41 Å². The first-order valence-corrected chi connectivity index (χ1v) is 9.02. The molecule has 3 rings (SSSR count). The number of likely N-dealkylation sites (tertiary alicyclic amines) is 2. The molecule has 2 aliphatic heterocycles. The van der Waals surface area contributed by atoms with E-state index in [0.717, 1.165) is 44.6 Å². The van der Waals surface area contributed by atoms with Gasteiger partial charge in [-0.3, -0.25) is 14.6 Å². The first kappa shape index (κ1) is 17.9. The number of ether oxygens (including phenoxy) is 1. The van der Waals surface area contributed by atoms with E-state index < -0.39 is 0 Å². The summed E-state index contributed by atoms with van der Waals surface area (Å²) in [6, 6.07) is 5.80. The molecule has 2 amide bonds. The summed E-state index contributed by atoms with van der Waals surface area (Å²) in [5.74, 6) is 0.275. The maximum absolute atomic E-state index is 12.3. The predicted molar refractivity (Wildman–Crippen MR) is 93.6 cm³/mol. The zero-order chi connectivity index (χ0) is 17.9. The van der Waals surface area contributed by atoms with Crippen molar-refractivity contribution >= 4 is 11.8 Å². The summed E-state index contributed by atoms with van der Waals surface area (Å²) in [5, 5.41) is 0. The van der Waals surface area contributed by atoms with Gasteiger partial charge in [0.1, 0.15) is 6.10 Å². The van der Waals surface area contributed by atoms with E-state index >= 15 is 0 Å². The van der Waals surface area contributed by atoms with E-state index in [0.29, 0.717) is 13.0 Å². The molecule has 136 valence electrons. The normalized spacial score (nSPS) is 21.4. The smallest absolute Gasteiger partial charge is 0.251 e. The molecule has 1 spiro atoms. The van der Waals surface area contributed by atoms with Crippen molar-refractivity contribution < 1.29 is 14.3 Å². The molecule has 0 bridgehead atoms. The van der Waals surface area contributed by atoms with Gasteiger partial charge in [0.05, 0.1) is 12.2 Å². The Labute approximate surface area is 149 Å². The van der Waals surface area contributed by atoms with Crippen LogP contribution >= 0.6 is 0 Å². The standard InChI is InChI=1S/C19H27N3O3/c1-15(25-2)18(24)21-11-8-19(9-12-21)7-6-17(23)22(14-19)13-16-5-3-4-10-20-16/h3-5,10,15H,6-9,11-14H2,1-2H3. The molecule has 2 aliphatic rings. The van der Waals surface area contributed by atoms with E-state index in [9.17, 15) is 9.59 Å². The van der Waals surface area contributed by atoms with Crippen LogP contribution < -0.4 is 0 Å². The average Bonchev–Trinajstić information content (AvgIpc) is 2.65. The topological polar surface area (TPSA) is 62.7 Å². The summed E-state index contributed by atoms with van der Waals surface area (Å²) in [4.78, 5) is 32.8. The molecule has 1 unspecified atom stereocenters. The molecule has 0 aromatic carbocycles. The maximum Gasteiger partial charge on any atom is 0.251 e. The molecule has 25 heavy (non-hydrogen) atoms. The van der Waals surface area contributed by atoms with Gasteiger partial charge in [-0.05, 0) is 43.7 Å². The van der Waals surface area contributed by atoms with Gasteiger partial charge in [-0.15, -0.1) is 0 Å². The van der Waals surface area contributed by atoms with E-state index in [1.807, 2.05) is 28.0 Å². The van der Waals surface area contributed by atoms with Gasteiger partial charge in [-0.25, -0.2) is 0 Å². The van der Waals surface area contributed by atoms with Crippen molar-refractivity contribution in [2.45, 2.75) is 45.3 Å². The lowest BCUT2D eigenvalue weighted by atomic mass is 9.72. The zero-order valence-electron chi connectivity index (χ0n) is 15.1. The summed E-state index contributed by atoms with van der Waals surface area (Å²) in [6.45, 7) is 4.63. The first-order valence-electron chi connectivity index (χ1n) is 9.02. The molecule has 3 heterocycles. The van der Waals surface area contributed by atoms with Crippen LogP contribution in [0.15, 0.2) is 24.4 Å². The van der Waals surface area contributed by atoms with Crippen molar-refractivity contribution in [1.82, 2.24) is 14.8 Å². The molecule has 1 aromatic rings. The van der Waals surface area contributed by atoms with Crippen molar-refractivity contribution in [1.29, 1.82) is 0 Å². The van der Waals surface area contributed by atoms with Gasteiger partial charge < -0.3 is 14.5 Å². The maximum atomic E-state index is 12.3. The van der Waals surface area contributed by atoms with Crippen molar-refractivity contribution in [3.05, 3.63) is 30.1 Å². The van der Waals surface area contributed by atoms with Crippen molar-refractivity contribution in [3.8, 4) is 0 Å². The number of rotatable bonds is 4. The summed E-state index contributed by atoms with van der Waals surface area (Å²) < 4.78 is 5.15. The highest BCUT2D eigenvalue weighted by Crippen LogP contribution is 2.40. The molecule has 2 fully saturated rings. The lowest BCUT2D eigenvalue weighted by Crippen LogP contribution is -2.53. The largest absolute Gasteiger partial charge is 0.372 e. The molecule has 0 N–H and O–H groups in total. The van der Waals surface area contributed by atoms with E-state index in [-0.39, 0.29) is 23.3 Å². The second kappa shape index (κ2) is 7.52. The fourth-order valence-corrected chi connectivity index (χ4v) is 3.90. The van der Waals surface area contributed by atoms with Gasteiger partial charge in [0, 0.05) is 39.4 Å². The van der Waals surface area contributed by atoms with Gasteiger partial charge in [0.2, 0.25) is 5.91 Å². The second-order valence-corrected chi connectivity index (χ2v) is 7.27. The number of hydrogen-bond donors (Lipinski definition) is 0. The number of amides is 2. The van der Waals surface area contributed by atoms with Crippen molar-refractivity contribution in [2.24, 2.45) is 5.41 Å². The number of carbonyl (C=O) groups excluding carboxylic acids is 2. The van der Waals surface area contributed by atoms with Crippen molar-refractivity contribution in [3.63, 3.8) is 0 Å². The zero-order valence-corrected chi connectivity index (χ0v) is 15.1. The van der Waals surface area contributed by atoms with Crippen LogP contribution in [0.2, 0.25) is 0 Å². The molecule has 1 aromatic heterocycles. The van der Waals surface area contributed by atoms with Crippen LogP contribution in [-0.2, 0) is 20.9 Å². The molecule has 0 saturated carbocycles. The number of methoxy groups -OCH3 is 1. The molecular formula is C19H27N3O3. The Bertz CT molecular complexity index is 612. The van der Waals surface area contributed by atoms with Gasteiger partial charge in [-0.1, -0.05) is 6.07 Å². The Balaban J connectivity index is 1.61. The molecule has 6 heteroatoms. The van der Waals surface area contributed by atoms with Gasteiger partial charge >= 0.3 is 0 Å². The minimum absolute atomic E-state index is 0.0644. The number of aromatic nitrogens is 1. The minimum atomic E-state index is -0.386. The Hall–Kier alpha value is -1.95. The molecule has 6 nitrogen and oxygen atoms in total. The van der Waals surface area contributed by atoms with Crippen LogP contribution in [0.4, 0.5) is 0 Å². The lowest BCUT2D eigenvalue weighted by molar-refractivity contribution is -0.147. The molecule has 0 radical (unpaired) electrons. The average molecular weight is 345 g/mol. The highest BCUT2D eigenvalue weighted by Gasteiger charge is 2.42. The van der Waals surface area contributed by atoms with E-state index in [2.05, 4.69) is 4.98 Å². The minimum Gasteiger partial charge on any atom is -0.372 e. The third-order valence-electron chi connectivity index (χ3n) is 5.66. The van der Waals surface area contributed by atoms with E-state index in [4.69, 9.17) is 4.74 Å². The molecule has 0 aliphatic carbocycles. The highest BCUT2D eigenvalue weighted by atomic mass is 16.5. The fourth-order valence-electron chi connectivity index (χ4n) is 3.90. The third kappa shape index (κ3) is 4.00. The van der Waals surface area contributed by atoms with Gasteiger partial charge in [0.25, 0.3) is 5.91 Å². The number of carbonyl (C=O) groups is 2. The monoisotopic (exact) mass is 345 g/mol. The molecule has 1 atom stereocenters. The van der Waals surface area contributed by atoms with Crippen LogP contribution in [0.1, 0.15) is 38.3 Å². The first-order chi connectivity index (χ1) is 12.0. The Morgan fingerprint density at radius 3 is 2.72 bits per heavy atom. The second-order valence-electron chi connectivity index (χ2n) is 7.27. The van der Waals surface area contributed by atoms with Gasteiger partial charge in [0.15, 0.2) is 0 Å². The number of hydrogen-bond acceptors (Lipinski definition) is 4. The summed E-state index contributed by atoms with van der Waals surface area (Å²) >= 11 is 0. The summed E-state index contributed by atoms with van der Waals surface area (Å²) in [7, 11) is 1.57. The van der Waals surface area contributed by atoms with Gasteiger partial charge in [-0.2, -0.15) is 0 Å². The van der Waals surface area contributed by atoms with Crippen molar-refractivity contribution in [2.75, 3.05) is 26.7 Å². The SMILES string of the molecule is COC(C)C(=O)N1CCC2(CCC(=O)N(Cc3ccccn3)C2)CC1. The van der Waals surface area contributed by atoms with E-state index in [1.165, 1.54) is 0 Å². The van der Waals surface area contributed by atoms with Crippen LogP contribution in [0.5, 0.6) is 0 Å².